The molecule has 0 bridgehead atoms. The number of nitrogens with zero attached hydrogens (tertiary/aromatic N) is 3. The first-order chi connectivity index (χ1) is 14.2. The van der Waals surface area contributed by atoms with Gasteiger partial charge in [-0.2, -0.15) is 0 Å². The van der Waals surface area contributed by atoms with Crippen molar-refractivity contribution < 1.29 is 4.74 Å². The summed E-state index contributed by atoms with van der Waals surface area (Å²) in [6, 6.07) is 18.2. The normalized spacial score (nSPS) is 21.3. The number of anilines is 1. The monoisotopic (exact) mass is 411 g/mol. The van der Waals surface area contributed by atoms with Gasteiger partial charge < -0.3 is 9.64 Å². The number of benzene rings is 2. The number of thioether (sulfide) groups is 1. The quantitative estimate of drug-likeness (QED) is 0.661. The van der Waals surface area contributed by atoms with E-state index < -0.39 is 0 Å². The fourth-order valence-electron chi connectivity index (χ4n) is 4.64. The van der Waals surface area contributed by atoms with Crippen LogP contribution < -0.4 is 9.64 Å². The van der Waals surface area contributed by atoms with Gasteiger partial charge in [-0.05, 0) is 67.6 Å². The number of ether oxygens (including phenoxy) is 1. The van der Waals surface area contributed by atoms with Gasteiger partial charge in [0, 0.05) is 55.9 Å². The van der Waals surface area contributed by atoms with Gasteiger partial charge in [0.25, 0.3) is 0 Å². The highest BCUT2D eigenvalue weighted by Crippen LogP contribution is 2.24. The van der Waals surface area contributed by atoms with Crippen LogP contribution in [0.5, 0.6) is 5.75 Å². The first kappa shape index (κ1) is 20.6. The molecule has 0 aliphatic carbocycles. The van der Waals surface area contributed by atoms with Gasteiger partial charge in [0.2, 0.25) is 0 Å². The van der Waals surface area contributed by atoms with Gasteiger partial charge in [0.1, 0.15) is 5.75 Å². The second kappa shape index (κ2) is 9.88. The zero-order chi connectivity index (χ0) is 20.1. The van der Waals surface area contributed by atoms with Crippen molar-refractivity contribution >= 4 is 17.4 Å². The maximum atomic E-state index is 5.29. The summed E-state index contributed by atoms with van der Waals surface area (Å²) in [4.78, 5) is 9.25. The predicted octanol–water partition coefficient (Wildman–Crippen LogP) is 4.20. The van der Waals surface area contributed by atoms with Gasteiger partial charge in [-0.15, -0.1) is 11.8 Å². The maximum absolute atomic E-state index is 5.29. The molecule has 0 spiro atoms. The number of piperazine rings is 1. The van der Waals surface area contributed by atoms with Gasteiger partial charge in [-0.25, -0.2) is 0 Å². The van der Waals surface area contributed by atoms with E-state index in [4.69, 9.17) is 4.74 Å². The summed E-state index contributed by atoms with van der Waals surface area (Å²) in [6.07, 6.45) is 4.80. The van der Waals surface area contributed by atoms with Crippen LogP contribution in [0.3, 0.4) is 0 Å². The molecule has 156 valence electrons. The Hall–Kier alpha value is -1.69. The van der Waals surface area contributed by atoms with Crippen LogP contribution in [0.4, 0.5) is 5.69 Å². The molecule has 2 aromatic rings. The minimum atomic E-state index is 0.700. The lowest BCUT2D eigenvalue weighted by Crippen LogP contribution is -2.55. The van der Waals surface area contributed by atoms with E-state index in [2.05, 4.69) is 69.5 Å². The van der Waals surface area contributed by atoms with Crippen LogP contribution in [0, 0.1) is 0 Å². The van der Waals surface area contributed by atoms with Crippen molar-refractivity contribution in [1.29, 1.82) is 0 Å². The summed E-state index contributed by atoms with van der Waals surface area (Å²) in [5, 5.41) is 0. The van der Waals surface area contributed by atoms with Gasteiger partial charge in [-0.1, -0.05) is 12.1 Å². The smallest absolute Gasteiger partial charge is 0.119 e. The van der Waals surface area contributed by atoms with E-state index in [0.717, 1.165) is 38.5 Å². The van der Waals surface area contributed by atoms with Gasteiger partial charge in [0.15, 0.2) is 0 Å². The highest BCUT2D eigenvalue weighted by Gasteiger charge is 2.28. The maximum Gasteiger partial charge on any atom is 0.119 e. The molecule has 5 heteroatoms. The number of piperidine rings is 1. The van der Waals surface area contributed by atoms with Crippen LogP contribution >= 0.6 is 11.8 Å². The molecule has 2 heterocycles. The van der Waals surface area contributed by atoms with Crippen molar-refractivity contribution in [2.75, 3.05) is 57.5 Å². The van der Waals surface area contributed by atoms with Crippen molar-refractivity contribution in [3.8, 4) is 5.75 Å². The van der Waals surface area contributed by atoms with Crippen LogP contribution in [-0.4, -0.2) is 68.5 Å². The van der Waals surface area contributed by atoms with Gasteiger partial charge in [0.05, 0.1) is 7.11 Å². The molecule has 2 aliphatic heterocycles. The molecule has 29 heavy (non-hydrogen) atoms. The summed E-state index contributed by atoms with van der Waals surface area (Å²) < 4.78 is 5.29. The zero-order valence-corrected chi connectivity index (χ0v) is 18.5. The molecule has 2 aromatic carbocycles. The molecule has 2 saturated heterocycles. The van der Waals surface area contributed by atoms with E-state index in [1.54, 1.807) is 7.11 Å². The summed E-state index contributed by atoms with van der Waals surface area (Å²) >= 11 is 1.83. The lowest BCUT2D eigenvalue weighted by molar-refractivity contribution is 0.0887. The Morgan fingerprint density at radius 1 is 1.00 bits per heavy atom. The van der Waals surface area contributed by atoms with Crippen molar-refractivity contribution in [3.63, 3.8) is 0 Å². The topological polar surface area (TPSA) is 19.0 Å². The first-order valence-corrected chi connectivity index (χ1v) is 12.0. The van der Waals surface area contributed by atoms with Crippen LogP contribution in [0.15, 0.2) is 53.4 Å². The lowest BCUT2D eigenvalue weighted by Gasteiger charge is -2.44. The molecule has 0 amide bonds. The van der Waals surface area contributed by atoms with Crippen molar-refractivity contribution in [2.45, 2.75) is 30.3 Å². The molecule has 4 nitrogen and oxygen atoms in total. The number of methoxy groups -OCH3 is 1. The van der Waals surface area contributed by atoms with Crippen LogP contribution in [0.25, 0.3) is 0 Å². The van der Waals surface area contributed by atoms with Crippen molar-refractivity contribution in [3.05, 3.63) is 54.1 Å². The molecule has 0 N–H and O–H groups in total. The Morgan fingerprint density at radius 2 is 1.79 bits per heavy atom. The average molecular weight is 412 g/mol. The number of hydrogen-bond acceptors (Lipinski definition) is 5. The highest BCUT2D eigenvalue weighted by atomic mass is 32.2. The Balaban J connectivity index is 1.30. The van der Waals surface area contributed by atoms with Gasteiger partial charge in [-0.3, -0.25) is 9.80 Å². The zero-order valence-electron chi connectivity index (χ0n) is 17.7. The lowest BCUT2D eigenvalue weighted by atomic mass is 10.0. The standard InChI is InChI=1S/C24H33N3OS/c1-28-23-10-8-21(9-11-23)26-13-15-27(16-14-26)22-6-4-12-25(19-22)18-20-5-3-7-24(17-20)29-2/h3,5,7-11,17,22H,4,6,12-16,18-19H2,1-2H3. The van der Waals surface area contributed by atoms with Crippen LogP contribution in [0.2, 0.25) is 0 Å². The fourth-order valence-corrected chi connectivity index (χ4v) is 5.12. The van der Waals surface area contributed by atoms with E-state index in [-0.39, 0.29) is 0 Å². The van der Waals surface area contributed by atoms with E-state index in [0.29, 0.717) is 6.04 Å². The van der Waals surface area contributed by atoms with Crippen molar-refractivity contribution in [2.24, 2.45) is 0 Å². The van der Waals surface area contributed by atoms with E-state index >= 15 is 0 Å². The molecular formula is C24H33N3OS. The minimum Gasteiger partial charge on any atom is -0.497 e. The molecule has 4 rings (SSSR count). The summed E-state index contributed by atoms with van der Waals surface area (Å²) in [5.74, 6) is 0.928. The van der Waals surface area contributed by atoms with E-state index in [1.165, 1.54) is 42.1 Å². The van der Waals surface area contributed by atoms with Gasteiger partial charge >= 0.3 is 0 Å². The number of likely N-dealkylation sites (tertiary alicyclic amines) is 1. The molecule has 2 fully saturated rings. The van der Waals surface area contributed by atoms with E-state index in [9.17, 15) is 0 Å². The molecule has 0 radical (unpaired) electrons. The fraction of sp³-hybridized carbons (Fsp3) is 0.500. The largest absolute Gasteiger partial charge is 0.497 e. The molecule has 0 aromatic heterocycles. The molecular weight excluding hydrogens is 378 g/mol. The van der Waals surface area contributed by atoms with Crippen LogP contribution in [0.1, 0.15) is 18.4 Å². The third-order valence-electron chi connectivity index (χ3n) is 6.29. The average Bonchev–Trinajstić information content (AvgIpc) is 2.79. The summed E-state index contributed by atoms with van der Waals surface area (Å²) in [5.41, 5.74) is 2.76. The summed E-state index contributed by atoms with van der Waals surface area (Å²) in [6.45, 7) is 8.05. The first-order valence-electron chi connectivity index (χ1n) is 10.7. The number of rotatable bonds is 6. The number of hydrogen-bond donors (Lipinski definition) is 0. The molecule has 0 saturated carbocycles. The highest BCUT2D eigenvalue weighted by molar-refractivity contribution is 7.98. The molecule has 1 unspecified atom stereocenters. The third kappa shape index (κ3) is 5.27. The Labute approximate surface area is 179 Å². The second-order valence-electron chi connectivity index (χ2n) is 8.10. The molecule has 2 aliphatic rings. The van der Waals surface area contributed by atoms with Crippen LogP contribution in [-0.2, 0) is 6.54 Å². The Morgan fingerprint density at radius 3 is 2.52 bits per heavy atom. The Bertz CT molecular complexity index is 774. The predicted molar refractivity (Wildman–Crippen MR) is 123 cm³/mol. The second-order valence-corrected chi connectivity index (χ2v) is 8.98. The summed E-state index contributed by atoms with van der Waals surface area (Å²) in [7, 11) is 1.72. The van der Waals surface area contributed by atoms with Crippen molar-refractivity contribution in [1.82, 2.24) is 9.80 Å². The Kier molecular flexibility index (Phi) is 7.01. The van der Waals surface area contributed by atoms with E-state index in [1.807, 2.05) is 11.8 Å². The third-order valence-corrected chi connectivity index (χ3v) is 7.01. The molecule has 1 atom stereocenters. The SMILES string of the molecule is COc1ccc(N2CCN(C3CCCN(Cc4cccc(SC)c4)C3)CC2)cc1. The minimum absolute atomic E-state index is 0.700.